The van der Waals surface area contributed by atoms with Gasteiger partial charge in [0, 0.05) is 31.0 Å². The van der Waals surface area contributed by atoms with E-state index >= 15 is 0 Å². The quantitative estimate of drug-likeness (QED) is 0.278. The summed E-state index contributed by atoms with van der Waals surface area (Å²) in [5.74, 6) is 0.665. The minimum atomic E-state index is -3.16. The first-order valence-electron chi connectivity index (χ1n) is 12.1. The van der Waals surface area contributed by atoms with Crippen LogP contribution in [0.1, 0.15) is 56.9 Å². The Labute approximate surface area is 202 Å². The molecule has 0 radical (unpaired) electrons. The summed E-state index contributed by atoms with van der Waals surface area (Å²) in [6.07, 6.45) is 8.97. The Hall–Kier alpha value is -2.27. The highest BCUT2D eigenvalue weighted by atomic mass is 32.2. The summed E-state index contributed by atoms with van der Waals surface area (Å²) in [4.78, 5) is 9.09. The van der Waals surface area contributed by atoms with Crippen LogP contribution in [0.15, 0.2) is 24.5 Å². The SMILES string of the molecule is CC(COCCCCCCN)c1ccc2c(c1)nc(N)c1ncn(CCCCNS(C)(=O)=O)c12. The summed E-state index contributed by atoms with van der Waals surface area (Å²) in [6, 6.07) is 6.31. The van der Waals surface area contributed by atoms with Gasteiger partial charge in [-0.05, 0) is 43.9 Å². The molecule has 3 rings (SSSR count). The van der Waals surface area contributed by atoms with Crippen LogP contribution < -0.4 is 16.2 Å². The number of nitrogens with zero attached hydrogens (tertiary/aromatic N) is 3. The van der Waals surface area contributed by atoms with Crippen molar-refractivity contribution in [2.45, 2.75) is 57.9 Å². The molecule has 2 aromatic heterocycles. The lowest BCUT2D eigenvalue weighted by Crippen LogP contribution is -2.23. The van der Waals surface area contributed by atoms with Crippen LogP contribution in [0.3, 0.4) is 0 Å². The van der Waals surface area contributed by atoms with Crippen LogP contribution in [0.4, 0.5) is 5.82 Å². The number of hydrogen-bond donors (Lipinski definition) is 3. The van der Waals surface area contributed by atoms with E-state index in [0.29, 0.717) is 24.5 Å². The summed E-state index contributed by atoms with van der Waals surface area (Å²) in [5, 5.41) is 1.01. The highest BCUT2D eigenvalue weighted by Crippen LogP contribution is 2.30. The van der Waals surface area contributed by atoms with Crippen molar-refractivity contribution >= 4 is 37.8 Å². The lowest BCUT2D eigenvalue weighted by atomic mass is 10.00. The van der Waals surface area contributed by atoms with E-state index in [1.807, 2.05) is 0 Å². The van der Waals surface area contributed by atoms with Crippen molar-refractivity contribution in [3.63, 3.8) is 0 Å². The Bertz CT molecular complexity index is 1180. The van der Waals surface area contributed by atoms with Crippen molar-refractivity contribution in [3.8, 4) is 0 Å². The van der Waals surface area contributed by atoms with E-state index in [1.165, 1.54) is 11.8 Å². The second-order valence-corrected chi connectivity index (χ2v) is 10.8. The fraction of sp³-hybridized carbons (Fsp3) is 0.583. The normalized spacial score (nSPS) is 13.1. The Morgan fingerprint density at radius 1 is 1.15 bits per heavy atom. The number of benzene rings is 1. The van der Waals surface area contributed by atoms with Crippen molar-refractivity contribution in [1.29, 1.82) is 0 Å². The molecule has 0 aliphatic heterocycles. The molecule has 5 N–H and O–H groups in total. The maximum atomic E-state index is 11.2. The summed E-state index contributed by atoms with van der Waals surface area (Å²) < 4.78 is 32.9. The number of hydrogen-bond acceptors (Lipinski definition) is 7. The third-order valence-electron chi connectivity index (χ3n) is 5.97. The van der Waals surface area contributed by atoms with E-state index in [2.05, 4.69) is 44.4 Å². The van der Waals surface area contributed by atoms with Gasteiger partial charge in [-0.25, -0.2) is 23.1 Å². The van der Waals surface area contributed by atoms with Gasteiger partial charge in [0.25, 0.3) is 0 Å². The van der Waals surface area contributed by atoms with Gasteiger partial charge in [0.1, 0.15) is 5.52 Å². The third kappa shape index (κ3) is 7.36. The molecule has 0 saturated carbocycles. The van der Waals surface area contributed by atoms with Crippen LogP contribution in [0.25, 0.3) is 21.9 Å². The molecular formula is C24H38N6O3S. The number of anilines is 1. The van der Waals surface area contributed by atoms with E-state index in [4.69, 9.17) is 16.2 Å². The molecule has 0 fully saturated rings. The minimum Gasteiger partial charge on any atom is -0.382 e. The molecule has 0 bridgehead atoms. The van der Waals surface area contributed by atoms with Gasteiger partial charge in [-0.2, -0.15) is 0 Å². The molecule has 3 aromatic rings. The molecule has 10 heteroatoms. The standard InChI is InChI=1S/C24H38N6O3S/c1-18(16-33-14-8-4-3-5-11-25)19-9-10-20-21(15-19)29-24(26)22-23(20)30(17-27-22)13-7-6-12-28-34(2,31)32/h9-10,15,17-18,28H,3-8,11-14,16,25H2,1-2H3,(H2,26,29). The largest absolute Gasteiger partial charge is 0.382 e. The third-order valence-corrected chi connectivity index (χ3v) is 6.70. The van der Waals surface area contributed by atoms with Crippen molar-refractivity contribution in [1.82, 2.24) is 19.3 Å². The van der Waals surface area contributed by atoms with Gasteiger partial charge in [-0.15, -0.1) is 0 Å². The van der Waals surface area contributed by atoms with Gasteiger partial charge < -0.3 is 20.8 Å². The molecule has 2 heterocycles. The molecule has 9 nitrogen and oxygen atoms in total. The van der Waals surface area contributed by atoms with Crippen LogP contribution in [-0.4, -0.2) is 55.5 Å². The van der Waals surface area contributed by atoms with Crippen molar-refractivity contribution in [2.75, 3.05) is 38.3 Å². The zero-order valence-corrected chi connectivity index (χ0v) is 21.1. The number of pyridine rings is 1. The highest BCUT2D eigenvalue weighted by molar-refractivity contribution is 7.88. The maximum absolute atomic E-state index is 11.2. The predicted octanol–water partition coefficient (Wildman–Crippen LogP) is 3.14. The molecule has 1 unspecified atom stereocenters. The first-order valence-corrected chi connectivity index (χ1v) is 14.0. The van der Waals surface area contributed by atoms with E-state index < -0.39 is 10.0 Å². The molecule has 0 amide bonds. The van der Waals surface area contributed by atoms with Crippen molar-refractivity contribution in [3.05, 3.63) is 30.1 Å². The Kier molecular flexibility index (Phi) is 9.63. The fourth-order valence-electron chi connectivity index (χ4n) is 4.08. The maximum Gasteiger partial charge on any atom is 0.208 e. The van der Waals surface area contributed by atoms with Crippen LogP contribution in [-0.2, 0) is 21.3 Å². The molecule has 0 saturated heterocycles. The Morgan fingerprint density at radius 3 is 2.71 bits per heavy atom. The first kappa shape index (κ1) is 26.3. The van der Waals surface area contributed by atoms with Gasteiger partial charge >= 0.3 is 0 Å². The van der Waals surface area contributed by atoms with E-state index in [0.717, 1.165) is 74.6 Å². The topological polar surface area (TPSA) is 138 Å². The fourth-order valence-corrected chi connectivity index (χ4v) is 4.59. The number of sulfonamides is 1. The Balaban J connectivity index is 1.66. The second kappa shape index (κ2) is 12.4. The number of aryl methyl sites for hydroxylation is 1. The summed E-state index contributed by atoms with van der Waals surface area (Å²) >= 11 is 0. The average molecular weight is 491 g/mol. The molecule has 188 valence electrons. The zero-order chi connectivity index (χ0) is 24.6. The van der Waals surface area contributed by atoms with Gasteiger partial charge in [-0.3, -0.25) is 0 Å². The monoisotopic (exact) mass is 490 g/mol. The molecule has 0 spiro atoms. The summed E-state index contributed by atoms with van der Waals surface area (Å²) in [5.41, 5.74) is 15.4. The van der Waals surface area contributed by atoms with Crippen molar-refractivity contribution < 1.29 is 13.2 Å². The number of aromatic nitrogens is 3. The van der Waals surface area contributed by atoms with Crippen molar-refractivity contribution in [2.24, 2.45) is 5.73 Å². The van der Waals surface area contributed by atoms with Crippen LogP contribution in [0, 0.1) is 0 Å². The number of unbranched alkanes of at least 4 members (excludes halogenated alkanes) is 4. The number of nitrogen functional groups attached to an aromatic ring is 1. The number of fused-ring (bicyclic) bond motifs is 3. The summed E-state index contributed by atoms with van der Waals surface area (Å²) in [7, 11) is -3.16. The number of imidazole rings is 1. The van der Waals surface area contributed by atoms with Gasteiger partial charge in [0.05, 0.1) is 30.2 Å². The number of nitrogens with one attached hydrogen (secondary N) is 1. The van der Waals surface area contributed by atoms with Gasteiger partial charge in [-0.1, -0.05) is 31.9 Å². The van der Waals surface area contributed by atoms with E-state index in [1.54, 1.807) is 6.33 Å². The van der Waals surface area contributed by atoms with Gasteiger partial charge in [0.2, 0.25) is 10.0 Å². The number of ether oxygens (including phenoxy) is 1. The molecule has 0 aliphatic carbocycles. The summed E-state index contributed by atoms with van der Waals surface area (Å²) in [6.45, 7) is 5.50. The molecular weight excluding hydrogens is 452 g/mol. The minimum absolute atomic E-state index is 0.249. The van der Waals surface area contributed by atoms with Crippen LogP contribution >= 0.6 is 0 Å². The van der Waals surface area contributed by atoms with Crippen LogP contribution in [0.5, 0.6) is 0 Å². The average Bonchev–Trinajstić information content (AvgIpc) is 3.22. The lowest BCUT2D eigenvalue weighted by Gasteiger charge is -2.14. The van der Waals surface area contributed by atoms with E-state index in [9.17, 15) is 8.42 Å². The first-order chi connectivity index (χ1) is 16.3. The predicted molar refractivity (Wildman–Crippen MR) is 138 cm³/mol. The molecule has 1 aromatic carbocycles. The Morgan fingerprint density at radius 2 is 1.94 bits per heavy atom. The smallest absolute Gasteiger partial charge is 0.208 e. The second-order valence-electron chi connectivity index (χ2n) is 8.96. The number of nitrogens with two attached hydrogens (primary N) is 2. The van der Waals surface area contributed by atoms with Crippen LogP contribution in [0.2, 0.25) is 0 Å². The number of rotatable bonds is 15. The molecule has 34 heavy (non-hydrogen) atoms. The molecule has 0 aliphatic rings. The van der Waals surface area contributed by atoms with Gasteiger partial charge in [0.15, 0.2) is 5.82 Å². The zero-order valence-electron chi connectivity index (χ0n) is 20.3. The highest BCUT2D eigenvalue weighted by Gasteiger charge is 2.14. The van der Waals surface area contributed by atoms with E-state index in [-0.39, 0.29) is 5.92 Å². The molecule has 1 atom stereocenters. The lowest BCUT2D eigenvalue weighted by molar-refractivity contribution is 0.119.